The predicted octanol–water partition coefficient (Wildman–Crippen LogP) is 1.43. The van der Waals surface area contributed by atoms with Crippen LogP contribution in [-0.2, 0) is 21.3 Å². The second kappa shape index (κ2) is 8.23. The first-order valence-corrected chi connectivity index (χ1v) is 10.4. The summed E-state index contributed by atoms with van der Waals surface area (Å²) >= 11 is 0. The lowest BCUT2D eigenvalue weighted by atomic mass is 10.3. The van der Waals surface area contributed by atoms with Crippen molar-refractivity contribution in [3.8, 4) is 5.69 Å². The van der Waals surface area contributed by atoms with Crippen molar-refractivity contribution in [3.63, 3.8) is 0 Å². The molecule has 0 saturated carbocycles. The monoisotopic (exact) mass is 418 g/mol. The lowest BCUT2D eigenvalue weighted by Crippen LogP contribution is -2.40. The molecule has 1 N–H and O–H groups in total. The minimum Gasteiger partial charge on any atom is -0.379 e. The summed E-state index contributed by atoms with van der Waals surface area (Å²) in [5.74, 6) is -0.269. The van der Waals surface area contributed by atoms with Gasteiger partial charge >= 0.3 is 0 Å². The highest BCUT2D eigenvalue weighted by Gasteiger charge is 2.29. The average Bonchev–Trinajstić information content (AvgIpc) is 3.23. The summed E-state index contributed by atoms with van der Waals surface area (Å²) in [4.78, 5) is -0.368. The van der Waals surface area contributed by atoms with Crippen molar-refractivity contribution < 1.29 is 17.5 Å². The minimum absolute atomic E-state index is 0.200. The Morgan fingerprint density at radius 3 is 2.62 bits per heavy atom. The van der Waals surface area contributed by atoms with Gasteiger partial charge in [-0.05, 0) is 40.8 Å². The van der Waals surface area contributed by atoms with Crippen molar-refractivity contribution in [2.75, 3.05) is 31.6 Å². The molecule has 11 heteroatoms. The molecule has 0 spiro atoms. The summed E-state index contributed by atoms with van der Waals surface area (Å²) in [7, 11) is -3.95. The first kappa shape index (κ1) is 19.4. The molecule has 2 aromatic carbocycles. The zero-order valence-corrected chi connectivity index (χ0v) is 16.2. The molecule has 3 aromatic rings. The molecule has 1 fully saturated rings. The van der Waals surface area contributed by atoms with Crippen LogP contribution in [0, 0.1) is 5.82 Å². The van der Waals surface area contributed by atoms with Gasteiger partial charge in [0.2, 0.25) is 10.0 Å². The van der Waals surface area contributed by atoms with E-state index in [0.717, 1.165) is 11.8 Å². The third-order valence-corrected chi connectivity index (χ3v) is 6.42. The maximum atomic E-state index is 14.3. The summed E-state index contributed by atoms with van der Waals surface area (Å²) < 4.78 is 47.9. The molecule has 0 amide bonds. The highest BCUT2D eigenvalue weighted by atomic mass is 32.2. The number of rotatable bonds is 6. The smallest absolute Gasteiger partial charge is 0.246 e. The number of hydrogen-bond acceptors (Lipinski definition) is 7. The Morgan fingerprint density at radius 1 is 1.10 bits per heavy atom. The number of nitrogens with zero attached hydrogens (tertiary/aromatic N) is 5. The van der Waals surface area contributed by atoms with Crippen LogP contribution in [0.4, 0.5) is 10.1 Å². The predicted molar refractivity (Wildman–Crippen MR) is 102 cm³/mol. The molecule has 1 saturated heterocycles. The number of nitrogens with one attached hydrogen (secondary N) is 1. The number of morpholine rings is 1. The van der Waals surface area contributed by atoms with Crippen molar-refractivity contribution in [2.45, 2.75) is 11.4 Å². The van der Waals surface area contributed by atoms with Gasteiger partial charge in [-0.3, -0.25) is 0 Å². The van der Waals surface area contributed by atoms with Crippen LogP contribution >= 0.6 is 0 Å². The van der Waals surface area contributed by atoms with Crippen molar-refractivity contribution >= 4 is 15.7 Å². The van der Waals surface area contributed by atoms with E-state index in [1.54, 1.807) is 4.68 Å². The number of para-hydroxylation sites is 1. The Morgan fingerprint density at radius 2 is 1.86 bits per heavy atom. The molecule has 0 atom stereocenters. The summed E-state index contributed by atoms with van der Waals surface area (Å²) in [5.41, 5.74) is 1.24. The molecule has 0 aliphatic carbocycles. The van der Waals surface area contributed by atoms with Crippen LogP contribution in [0.15, 0.2) is 53.4 Å². The van der Waals surface area contributed by atoms with Gasteiger partial charge in [0.05, 0.1) is 25.4 Å². The number of tetrazole rings is 1. The van der Waals surface area contributed by atoms with Gasteiger partial charge in [0.25, 0.3) is 0 Å². The summed E-state index contributed by atoms with van der Waals surface area (Å²) in [6.45, 7) is 1.21. The zero-order valence-electron chi connectivity index (χ0n) is 15.4. The van der Waals surface area contributed by atoms with E-state index in [0.29, 0.717) is 24.7 Å². The molecular weight excluding hydrogens is 399 g/mol. The van der Waals surface area contributed by atoms with Crippen LogP contribution in [0.2, 0.25) is 0 Å². The first-order valence-electron chi connectivity index (χ1n) is 9.00. The fraction of sp³-hybridized carbons (Fsp3) is 0.278. The van der Waals surface area contributed by atoms with Gasteiger partial charge in [0.1, 0.15) is 10.7 Å². The average molecular weight is 418 g/mol. The largest absolute Gasteiger partial charge is 0.379 e. The lowest BCUT2D eigenvalue weighted by molar-refractivity contribution is 0.0729. The number of hydrogen-bond donors (Lipinski definition) is 1. The van der Waals surface area contributed by atoms with E-state index in [1.165, 1.54) is 16.4 Å². The van der Waals surface area contributed by atoms with Crippen LogP contribution in [0.25, 0.3) is 5.69 Å². The lowest BCUT2D eigenvalue weighted by Gasteiger charge is -2.26. The Hall–Kier alpha value is -2.89. The van der Waals surface area contributed by atoms with E-state index in [-0.39, 0.29) is 24.5 Å². The Kier molecular flexibility index (Phi) is 5.51. The second-order valence-electron chi connectivity index (χ2n) is 6.36. The Balaban J connectivity index is 1.54. The van der Waals surface area contributed by atoms with Crippen molar-refractivity contribution in [2.24, 2.45) is 0 Å². The molecule has 1 aromatic heterocycles. The van der Waals surface area contributed by atoms with E-state index in [9.17, 15) is 12.8 Å². The van der Waals surface area contributed by atoms with Crippen LogP contribution < -0.4 is 5.32 Å². The Bertz CT molecular complexity index is 1080. The minimum atomic E-state index is -3.95. The number of halogens is 1. The molecule has 0 bridgehead atoms. The van der Waals surface area contributed by atoms with E-state index < -0.39 is 15.8 Å². The molecule has 9 nitrogen and oxygen atoms in total. The quantitative estimate of drug-likeness (QED) is 0.646. The zero-order chi connectivity index (χ0) is 20.3. The van der Waals surface area contributed by atoms with Gasteiger partial charge in [-0.15, -0.1) is 5.10 Å². The van der Waals surface area contributed by atoms with E-state index in [2.05, 4.69) is 20.8 Å². The van der Waals surface area contributed by atoms with E-state index in [4.69, 9.17) is 4.74 Å². The number of anilines is 1. The van der Waals surface area contributed by atoms with Gasteiger partial charge < -0.3 is 10.1 Å². The standard InChI is InChI=1S/C18H19FN6O3S/c19-16-7-6-14(12-17(16)29(26,27)24-8-10-28-11-9-24)20-13-18-21-22-23-25(18)15-4-2-1-3-5-15/h1-7,12,20H,8-11,13H2. The first-order chi connectivity index (χ1) is 14.1. The fourth-order valence-corrected chi connectivity index (χ4v) is 4.50. The molecule has 1 aliphatic heterocycles. The van der Waals surface area contributed by atoms with Crippen molar-refractivity contribution in [3.05, 3.63) is 60.2 Å². The van der Waals surface area contributed by atoms with Gasteiger partial charge in [-0.1, -0.05) is 18.2 Å². The van der Waals surface area contributed by atoms with Gasteiger partial charge in [0, 0.05) is 18.8 Å². The molecule has 0 radical (unpaired) electrons. The molecule has 4 rings (SSSR count). The SMILES string of the molecule is O=S(=O)(c1cc(NCc2nnnn2-c2ccccc2)ccc1F)N1CCOCC1. The highest BCUT2D eigenvalue weighted by molar-refractivity contribution is 7.89. The summed E-state index contributed by atoms with van der Waals surface area (Å²) in [6.07, 6.45) is 0. The van der Waals surface area contributed by atoms with Gasteiger partial charge in [-0.2, -0.15) is 8.99 Å². The third-order valence-electron chi connectivity index (χ3n) is 4.50. The van der Waals surface area contributed by atoms with E-state index in [1.807, 2.05) is 30.3 Å². The maximum Gasteiger partial charge on any atom is 0.246 e. The molecule has 2 heterocycles. The molecule has 1 aliphatic rings. The number of benzene rings is 2. The fourth-order valence-electron chi connectivity index (χ4n) is 3.00. The normalized spacial score (nSPS) is 15.3. The van der Waals surface area contributed by atoms with Crippen LogP contribution in [0.3, 0.4) is 0 Å². The highest BCUT2D eigenvalue weighted by Crippen LogP contribution is 2.24. The summed E-state index contributed by atoms with van der Waals surface area (Å²) in [5, 5.41) is 14.7. The van der Waals surface area contributed by atoms with Gasteiger partial charge in [-0.25, -0.2) is 12.8 Å². The Labute approximate surface area is 167 Å². The van der Waals surface area contributed by atoms with Crippen LogP contribution in [0.1, 0.15) is 5.82 Å². The van der Waals surface area contributed by atoms with Crippen LogP contribution in [0.5, 0.6) is 0 Å². The van der Waals surface area contributed by atoms with E-state index >= 15 is 0 Å². The summed E-state index contributed by atoms with van der Waals surface area (Å²) in [6, 6.07) is 13.3. The van der Waals surface area contributed by atoms with Gasteiger partial charge in [0.15, 0.2) is 5.82 Å². The third kappa shape index (κ3) is 4.11. The topological polar surface area (TPSA) is 102 Å². The molecular formula is C18H19FN6O3S. The molecule has 152 valence electrons. The van der Waals surface area contributed by atoms with Crippen molar-refractivity contribution in [1.82, 2.24) is 24.5 Å². The van der Waals surface area contributed by atoms with Crippen molar-refractivity contribution in [1.29, 1.82) is 0 Å². The second-order valence-corrected chi connectivity index (χ2v) is 8.26. The molecule has 0 unspecified atom stereocenters. The van der Waals surface area contributed by atoms with Crippen LogP contribution in [-0.4, -0.2) is 59.2 Å². The number of aromatic nitrogens is 4. The molecule has 29 heavy (non-hydrogen) atoms. The number of sulfonamides is 1. The number of ether oxygens (including phenoxy) is 1. The maximum absolute atomic E-state index is 14.3.